The summed E-state index contributed by atoms with van der Waals surface area (Å²) in [6.07, 6.45) is 3.24. The molecule has 112 valence electrons. The number of carbonyl (C=O) groups excluding carboxylic acids is 2. The van der Waals surface area contributed by atoms with Gasteiger partial charge in [-0.25, -0.2) is 4.39 Å². The van der Waals surface area contributed by atoms with Crippen LogP contribution < -0.4 is 5.32 Å². The van der Waals surface area contributed by atoms with Crippen LogP contribution in [0.1, 0.15) is 24.8 Å². The zero-order chi connectivity index (χ0) is 15.2. The van der Waals surface area contributed by atoms with Gasteiger partial charge in [0.1, 0.15) is 11.9 Å². The predicted octanol–water partition coefficient (Wildman–Crippen LogP) is 2.01. The molecule has 5 heteroatoms. The Morgan fingerprint density at radius 1 is 1.43 bits per heavy atom. The highest BCUT2D eigenvalue weighted by atomic mass is 19.1. The fourth-order valence-corrected chi connectivity index (χ4v) is 2.34. The van der Waals surface area contributed by atoms with Gasteiger partial charge in [0, 0.05) is 19.5 Å². The summed E-state index contributed by atoms with van der Waals surface area (Å²) in [6.45, 7) is 4.61. The van der Waals surface area contributed by atoms with Gasteiger partial charge in [-0.05, 0) is 30.5 Å². The molecule has 0 unspecified atom stereocenters. The molecular weight excluding hydrogens is 271 g/mol. The van der Waals surface area contributed by atoms with Crippen molar-refractivity contribution in [3.05, 3.63) is 48.3 Å². The third-order valence-corrected chi connectivity index (χ3v) is 3.49. The van der Waals surface area contributed by atoms with E-state index in [4.69, 9.17) is 0 Å². The van der Waals surface area contributed by atoms with Crippen molar-refractivity contribution < 1.29 is 14.0 Å². The minimum Gasteiger partial charge on any atom is -0.344 e. The zero-order valence-corrected chi connectivity index (χ0v) is 11.8. The molecule has 0 bridgehead atoms. The lowest BCUT2D eigenvalue weighted by molar-refractivity contribution is -0.133. The second-order valence-electron chi connectivity index (χ2n) is 5.12. The normalized spacial score (nSPS) is 17.9. The van der Waals surface area contributed by atoms with Crippen LogP contribution in [0.25, 0.3) is 0 Å². The number of hydrogen-bond donors (Lipinski definition) is 1. The number of benzene rings is 1. The second kappa shape index (κ2) is 7.02. The first-order valence-corrected chi connectivity index (χ1v) is 7.03. The molecule has 1 heterocycles. The van der Waals surface area contributed by atoms with E-state index >= 15 is 0 Å². The van der Waals surface area contributed by atoms with Crippen molar-refractivity contribution in [3.63, 3.8) is 0 Å². The lowest BCUT2D eigenvalue weighted by Crippen LogP contribution is -2.41. The Morgan fingerprint density at radius 3 is 2.81 bits per heavy atom. The summed E-state index contributed by atoms with van der Waals surface area (Å²) in [6, 6.07) is 5.65. The number of nitrogens with zero attached hydrogens (tertiary/aromatic N) is 1. The van der Waals surface area contributed by atoms with Crippen molar-refractivity contribution in [3.8, 4) is 0 Å². The maximum Gasteiger partial charge on any atom is 0.245 e. The lowest BCUT2D eigenvalue weighted by Gasteiger charge is -2.17. The van der Waals surface area contributed by atoms with Crippen LogP contribution in [0, 0.1) is 5.82 Å². The Labute approximate surface area is 123 Å². The molecule has 1 aromatic carbocycles. The highest BCUT2D eigenvalue weighted by molar-refractivity contribution is 5.89. The molecule has 1 atom stereocenters. The van der Waals surface area contributed by atoms with Gasteiger partial charge < -0.3 is 10.2 Å². The first-order chi connectivity index (χ1) is 10.1. The van der Waals surface area contributed by atoms with Crippen molar-refractivity contribution in [1.29, 1.82) is 0 Å². The highest BCUT2D eigenvalue weighted by Crippen LogP contribution is 2.15. The van der Waals surface area contributed by atoms with E-state index < -0.39 is 6.04 Å². The standard InChI is InChI=1S/C16H19FN2O2/c1-2-3-4-15(20)18-14-9-10-19(16(14)21)11-12-5-7-13(17)8-6-12/h2,5-8,14H,1,3-4,9-11H2,(H,18,20)/t14-/m0/s1. The number of allylic oxidation sites excluding steroid dienone is 1. The quantitative estimate of drug-likeness (QED) is 0.815. The van der Waals surface area contributed by atoms with Crippen molar-refractivity contribution in [2.45, 2.75) is 31.8 Å². The topological polar surface area (TPSA) is 49.4 Å². The van der Waals surface area contributed by atoms with Crippen molar-refractivity contribution in [2.24, 2.45) is 0 Å². The van der Waals surface area contributed by atoms with Gasteiger partial charge in [0.15, 0.2) is 0 Å². The molecule has 2 amide bonds. The van der Waals surface area contributed by atoms with Gasteiger partial charge in [-0.3, -0.25) is 9.59 Å². The molecule has 0 aliphatic carbocycles. The van der Waals surface area contributed by atoms with Crippen molar-refractivity contribution >= 4 is 11.8 Å². The molecule has 1 fully saturated rings. The van der Waals surface area contributed by atoms with Gasteiger partial charge in [-0.15, -0.1) is 6.58 Å². The van der Waals surface area contributed by atoms with Gasteiger partial charge >= 0.3 is 0 Å². The van der Waals surface area contributed by atoms with E-state index in [-0.39, 0.29) is 17.6 Å². The number of hydrogen-bond acceptors (Lipinski definition) is 2. The summed E-state index contributed by atoms with van der Waals surface area (Å²) in [4.78, 5) is 25.5. The number of nitrogens with one attached hydrogen (secondary N) is 1. The molecule has 0 radical (unpaired) electrons. The third kappa shape index (κ3) is 4.15. The van der Waals surface area contributed by atoms with E-state index in [0.29, 0.717) is 32.4 Å². The lowest BCUT2D eigenvalue weighted by atomic mass is 10.2. The van der Waals surface area contributed by atoms with Crippen LogP contribution in [0.15, 0.2) is 36.9 Å². The van der Waals surface area contributed by atoms with Crippen LogP contribution in [0.5, 0.6) is 0 Å². The fraction of sp³-hybridized carbons (Fsp3) is 0.375. The van der Waals surface area contributed by atoms with Gasteiger partial charge in [0.05, 0.1) is 0 Å². The van der Waals surface area contributed by atoms with Gasteiger partial charge in [0.2, 0.25) is 11.8 Å². The smallest absolute Gasteiger partial charge is 0.245 e. The van der Waals surface area contributed by atoms with Crippen LogP contribution in [0.3, 0.4) is 0 Å². The molecule has 1 saturated heterocycles. The number of rotatable bonds is 6. The van der Waals surface area contributed by atoms with E-state index in [1.54, 1.807) is 23.1 Å². The monoisotopic (exact) mass is 290 g/mol. The van der Waals surface area contributed by atoms with E-state index in [1.807, 2.05) is 0 Å². The number of likely N-dealkylation sites (tertiary alicyclic amines) is 1. The number of halogens is 1. The Hall–Kier alpha value is -2.17. The van der Waals surface area contributed by atoms with Gasteiger partial charge in [-0.2, -0.15) is 0 Å². The van der Waals surface area contributed by atoms with Crippen LogP contribution in [-0.4, -0.2) is 29.3 Å². The van der Waals surface area contributed by atoms with Crippen molar-refractivity contribution in [2.75, 3.05) is 6.54 Å². The molecule has 4 nitrogen and oxygen atoms in total. The van der Waals surface area contributed by atoms with Crippen LogP contribution in [-0.2, 0) is 16.1 Å². The summed E-state index contributed by atoms with van der Waals surface area (Å²) in [5.74, 6) is -0.498. The summed E-state index contributed by atoms with van der Waals surface area (Å²) in [5.41, 5.74) is 0.878. The molecular formula is C16H19FN2O2. The van der Waals surface area contributed by atoms with Gasteiger partial charge in [0.25, 0.3) is 0 Å². The third-order valence-electron chi connectivity index (χ3n) is 3.49. The van der Waals surface area contributed by atoms with E-state index in [1.165, 1.54) is 12.1 Å². The van der Waals surface area contributed by atoms with Crippen molar-refractivity contribution in [1.82, 2.24) is 10.2 Å². The highest BCUT2D eigenvalue weighted by Gasteiger charge is 2.32. The minimum atomic E-state index is -0.442. The molecule has 1 aliphatic heterocycles. The minimum absolute atomic E-state index is 0.0775. The summed E-state index contributed by atoms with van der Waals surface area (Å²) < 4.78 is 12.8. The zero-order valence-electron chi connectivity index (χ0n) is 11.8. The Kier molecular flexibility index (Phi) is 5.09. The molecule has 1 N–H and O–H groups in total. The predicted molar refractivity (Wildman–Crippen MR) is 77.8 cm³/mol. The first-order valence-electron chi connectivity index (χ1n) is 7.03. The van der Waals surface area contributed by atoms with Crippen LogP contribution in [0.4, 0.5) is 4.39 Å². The molecule has 2 rings (SSSR count). The number of carbonyl (C=O) groups is 2. The largest absolute Gasteiger partial charge is 0.344 e. The molecule has 0 saturated carbocycles. The molecule has 0 aromatic heterocycles. The number of amides is 2. The second-order valence-corrected chi connectivity index (χ2v) is 5.12. The van der Waals surface area contributed by atoms with Crippen LogP contribution in [0.2, 0.25) is 0 Å². The average Bonchev–Trinajstić information content (AvgIpc) is 2.80. The Balaban J connectivity index is 1.87. The van der Waals surface area contributed by atoms with E-state index in [2.05, 4.69) is 11.9 Å². The summed E-state index contributed by atoms with van der Waals surface area (Å²) in [5, 5.41) is 2.75. The molecule has 1 aliphatic rings. The molecule has 1 aromatic rings. The van der Waals surface area contributed by atoms with E-state index in [9.17, 15) is 14.0 Å². The van der Waals surface area contributed by atoms with Crippen LogP contribution >= 0.6 is 0 Å². The van der Waals surface area contributed by atoms with E-state index in [0.717, 1.165) is 5.56 Å². The van der Waals surface area contributed by atoms with Gasteiger partial charge in [-0.1, -0.05) is 18.2 Å². The first kappa shape index (κ1) is 15.2. The maximum atomic E-state index is 12.8. The average molecular weight is 290 g/mol. The maximum absolute atomic E-state index is 12.8. The molecule has 0 spiro atoms. The Morgan fingerprint density at radius 2 is 2.14 bits per heavy atom. The fourth-order valence-electron chi connectivity index (χ4n) is 2.34. The SMILES string of the molecule is C=CCCC(=O)N[C@H]1CCN(Cc2ccc(F)cc2)C1=O. The Bertz CT molecular complexity index is 528. The summed E-state index contributed by atoms with van der Waals surface area (Å²) >= 11 is 0. The summed E-state index contributed by atoms with van der Waals surface area (Å²) in [7, 11) is 0. The molecule has 21 heavy (non-hydrogen) atoms.